The molecule has 168 valence electrons. The fraction of sp³-hybridized carbons (Fsp3) is 0.308. The summed E-state index contributed by atoms with van der Waals surface area (Å²) >= 11 is 0. The highest BCUT2D eigenvalue weighted by atomic mass is 16.5. The van der Waals surface area contributed by atoms with Gasteiger partial charge >= 0.3 is 0 Å². The first-order chi connectivity index (χ1) is 16.0. The molecule has 3 aromatic rings. The number of rotatable bonds is 5. The molecule has 0 unspecified atom stereocenters. The summed E-state index contributed by atoms with van der Waals surface area (Å²) < 4.78 is 6.05. The van der Waals surface area contributed by atoms with Crippen molar-refractivity contribution in [3.63, 3.8) is 0 Å². The van der Waals surface area contributed by atoms with E-state index in [-0.39, 0.29) is 17.9 Å². The minimum absolute atomic E-state index is 0.107. The standard InChI is InChI=1S/C26H26N4O3/c1-16-14-27-17(2)25(29-16)18-8-9-23-20(11-18)13-22(33-23)15-28-26(32)19-5-3-6-21(12-19)30-10-4-7-24(30)31/h3,5-6,8-9,11-12,14,22H,4,7,10,13,15H2,1-2H3,(H,28,32)/t22-/m0/s1. The summed E-state index contributed by atoms with van der Waals surface area (Å²) in [4.78, 5) is 35.6. The molecule has 1 N–H and O–H groups in total. The van der Waals surface area contributed by atoms with Crippen molar-refractivity contribution in [2.75, 3.05) is 18.0 Å². The van der Waals surface area contributed by atoms with Gasteiger partial charge in [0.05, 0.1) is 23.6 Å². The Morgan fingerprint density at radius 2 is 2.09 bits per heavy atom. The molecule has 1 fully saturated rings. The third-order valence-corrected chi connectivity index (χ3v) is 6.13. The molecule has 2 amide bonds. The molecule has 0 bridgehead atoms. The lowest BCUT2D eigenvalue weighted by Crippen LogP contribution is -2.34. The zero-order valence-corrected chi connectivity index (χ0v) is 18.8. The largest absolute Gasteiger partial charge is 0.488 e. The summed E-state index contributed by atoms with van der Waals surface area (Å²) in [6, 6.07) is 13.3. The number of carbonyl (C=O) groups is 2. The molecular formula is C26H26N4O3. The molecule has 5 rings (SSSR count). The van der Waals surface area contributed by atoms with E-state index in [9.17, 15) is 9.59 Å². The normalized spacial score (nSPS) is 17.1. The Hall–Kier alpha value is -3.74. The molecule has 7 heteroatoms. The molecule has 0 spiro atoms. The van der Waals surface area contributed by atoms with Crippen LogP contribution in [0, 0.1) is 13.8 Å². The van der Waals surface area contributed by atoms with Gasteiger partial charge in [0.1, 0.15) is 11.9 Å². The molecule has 7 nitrogen and oxygen atoms in total. The van der Waals surface area contributed by atoms with E-state index in [4.69, 9.17) is 4.74 Å². The zero-order valence-electron chi connectivity index (χ0n) is 18.8. The summed E-state index contributed by atoms with van der Waals surface area (Å²) in [5, 5.41) is 2.98. The Morgan fingerprint density at radius 1 is 1.21 bits per heavy atom. The van der Waals surface area contributed by atoms with Crippen molar-refractivity contribution in [3.05, 3.63) is 71.2 Å². The second-order valence-corrected chi connectivity index (χ2v) is 8.62. The second kappa shape index (κ2) is 8.65. The molecular weight excluding hydrogens is 416 g/mol. The maximum absolute atomic E-state index is 12.7. The van der Waals surface area contributed by atoms with Crippen molar-refractivity contribution >= 4 is 17.5 Å². The summed E-state index contributed by atoms with van der Waals surface area (Å²) in [5.41, 5.74) is 6.08. The number of hydrogen-bond acceptors (Lipinski definition) is 5. The fourth-order valence-corrected chi connectivity index (χ4v) is 4.44. The van der Waals surface area contributed by atoms with Crippen LogP contribution in [0.3, 0.4) is 0 Å². The minimum Gasteiger partial charge on any atom is -0.488 e. The van der Waals surface area contributed by atoms with E-state index in [1.165, 1.54) is 0 Å². The number of ether oxygens (including phenoxy) is 1. The van der Waals surface area contributed by atoms with Gasteiger partial charge in [-0.1, -0.05) is 6.07 Å². The van der Waals surface area contributed by atoms with Gasteiger partial charge in [-0.3, -0.25) is 14.6 Å². The van der Waals surface area contributed by atoms with E-state index in [2.05, 4.69) is 21.4 Å². The van der Waals surface area contributed by atoms with Gasteiger partial charge < -0.3 is 15.0 Å². The monoisotopic (exact) mass is 442 g/mol. The number of fused-ring (bicyclic) bond motifs is 1. The maximum Gasteiger partial charge on any atom is 0.251 e. The summed E-state index contributed by atoms with van der Waals surface area (Å²) in [7, 11) is 0. The Balaban J connectivity index is 1.23. The number of carbonyl (C=O) groups excluding carboxylic acids is 2. The van der Waals surface area contributed by atoms with Crippen molar-refractivity contribution in [1.29, 1.82) is 0 Å². The quantitative estimate of drug-likeness (QED) is 0.652. The number of anilines is 1. The molecule has 1 aromatic heterocycles. The molecule has 0 radical (unpaired) electrons. The third kappa shape index (κ3) is 4.31. The molecule has 0 aliphatic carbocycles. The van der Waals surface area contributed by atoms with Gasteiger partial charge in [0.15, 0.2) is 0 Å². The average molecular weight is 443 g/mol. The van der Waals surface area contributed by atoms with Gasteiger partial charge in [-0.05, 0) is 62.2 Å². The fourth-order valence-electron chi connectivity index (χ4n) is 4.44. The van der Waals surface area contributed by atoms with E-state index >= 15 is 0 Å². The van der Waals surface area contributed by atoms with Gasteiger partial charge in [-0.25, -0.2) is 4.98 Å². The average Bonchev–Trinajstić information content (AvgIpc) is 3.44. The van der Waals surface area contributed by atoms with Gasteiger partial charge in [-0.2, -0.15) is 0 Å². The van der Waals surface area contributed by atoms with Gasteiger partial charge in [0.25, 0.3) is 5.91 Å². The number of aromatic nitrogens is 2. The Bertz CT molecular complexity index is 1240. The number of benzene rings is 2. The van der Waals surface area contributed by atoms with E-state index in [0.29, 0.717) is 31.5 Å². The van der Waals surface area contributed by atoms with E-state index in [1.807, 2.05) is 38.1 Å². The third-order valence-electron chi connectivity index (χ3n) is 6.13. The van der Waals surface area contributed by atoms with Gasteiger partial charge in [-0.15, -0.1) is 0 Å². The van der Waals surface area contributed by atoms with E-state index < -0.39 is 0 Å². The summed E-state index contributed by atoms with van der Waals surface area (Å²) in [6.45, 7) is 5.00. The summed E-state index contributed by atoms with van der Waals surface area (Å²) in [6.07, 6.45) is 3.77. The van der Waals surface area contributed by atoms with E-state index in [1.54, 1.807) is 23.2 Å². The molecule has 3 heterocycles. The predicted octanol–water partition coefficient (Wildman–Crippen LogP) is 3.62. The molecule has 33 heavy (non-hydrogen) atoms. The van der Waals surface area contributed by atoms with Crippen LogP contribution in [0.4, 0.5) is 5.69 Å². The molecule has 1 atom stereocenters. The number of nitrogens with one attached hydrogen (secondary N) is 1. The van der Waals surface area contributed by atoms with Crippen molar-refractivity contribution in [2.45, 2.75) is 39.2 Å². The lowest BCUT2D eigenvalue weighted by atomic mass is 10.0. The van der Waals surface area contributed by atoms with Crippen molar-refractivity contribution in [2.24, 2.45) is 0 Å². The lowest BCUT2D eigenvalue weighted by molar-refractivity contribution is -0.117. The maximum atomic E-state index is 12.7. The molecule has 2 aliphatic rings. The Kier molecular flexibility index (Phi) is 5.54. The lowest BCUT2D eigenvalue weighted by Gasteiger charge is -2.17. The number of aryl methyl sites for hydroxylation is 2. The highest BCUT2D eigenvalue weighted by molar-refractivity contribution is 5.99. The minimum atomic E-state index is -0.172. The first kappa shape index (κ1) is 21.1. The van der Waals surface area contributed by atoms with Crippen LogP contribution in [0.15, 0.2) is 48.7 Å². The first-order valence-electron chi connectivity index (χ1n) is 11.3. The van der Waals surface area contributed by atoms with Crippen LogP contribution in [0.2, 0.25) is 0 Å². The number of nitrogens with zero attached hydrogens (tertiary/aromatic N) is 3. The van der Waals surface area contributed by atoms with Crippen LogP contribution in [-0.4, -0.2) is 41.0 Å². The van der Waals surface area contributed by atoms with Gasteiger partial charge in [0.2, 0.25) is 5.91 Å². The topological polar surface area (TPSA) is 84.4 Å². The van der Waals surface area contributed by atoms with Crippen molar-refractivity contribution < 1.29 is 14.3 Å². The molecule has 0 saturated carbocycles. The summed E-state index contributed by atoms with van der Waals surface area (Å²) in [5.74, 6) is 0.774. The Morgan fingerprint density at radius 3 is 2.91 bits per heavy atom. The van der Waals surface area contributed by atoms with Crippen LogP contribution in [0.1, 0.15) is 40.2 Å². The van der Waals surface area contributed by atoms with Crippen LogP contribution in [0.5, 0.6) is 5.75 Å². The van der Waals surface area contributed by atoms with E-state index in [0.717, 1.165) is 46.1 Å². The van der Waals surface area contributed by atoms with Crippen LogP contribution < -0.4 is 15.0 Å². The van der Waals surface area contributed by atoms with Crippen molar-refractivity contribution in [1.82, 2.24) is 15.3 Å². The zero-order chi connectivity index (χ0) is 22.9. The second-order valence-electron chi connectivity index (χ2n) is 8.62. The van der Waals surface area contributed by atoms with Crippen LogP contribution in [-0.2, 0) is 11.2 Å². The molecule has 1 saturated heterocycles. The van der Waals surface area contributed by atoms with Gasteiger partial charge in [0, 0.05) is 42.4 Å². The highest BCUT2D eigenvalue weighted by Crippen LogP contribution is 2.33. The predicted molar refractivity (Wildman–Crippen MR) is 125 cm³/mol. The Labute approximate surface area is 192 Å². The molecule has 2 aromatic carbocycles. The van der Waals surface area contributed by atoms with Crippen molar-refractivity contribution in [3.8, 4) is 17.0 Å². The number of amides is 2. The van der Waals surface area contributed by atoms with Crippen LogP contribution in [0.25, 0.3) is 11.3 Å². The highest BCUT2D eigenvalue weighted by Gasteiger charge is 2.25. The molecule has 2 aliphatic heterocycles. The SMILES string of the molecule is Cc1cnc(C)c(-c2ccc3c(c2)C[C@@H](CNC(=O)c2cccc(N4CCCC4=O)c2)O3)n1. The first-order valence-corrected chi connectivity index (χ1v) is 11.3. The number of hydrogen-bond donors (Lipinski definition) is 1. The smallest absolute Gasteiger partial charge is 0.251 e. The van der Waals surface area contributed by atoms with Crippen LogP contribution >= 0.6 is 0 Å².